The number of carbonyl (C=O) groups is 1. The fraction of sp³-hybridized carbons (Fsp3) is 0.133. The molecule has 2 aromatic rings. The minimum Gasteiger partial charge on any atom is -0.376 e. The molecule has 0 atom stereocenters. The quantitative estimate of drug-likeness (QED) is 0.797. The maximum absolute atomic E-state index is 13.5. The van der Waals surface area contributed by atoms with Gasteiger partial charge in [0.05, 0.1) is 17.8 Å². The van der Waals surface area contributed by atoms with Gasteiger partial charge in [-0.25, -0.2) is 4.39 Å². The number of benzene rings is 2. The predicted octanol–water partition coefficient (Wildman–Crippen LogP) is 4.55. The van der Waals surface area contributed by atoms with E-state index in [1.165, 1.54) is 24.3 Å². The molecule has 3 nitrogen and oxygen atoms in total. The van der Waals surface area contributed by atoms with Gasteiger partial charge in [0.1, 0.15) is 5.82 Å². The first kappa shape index (κ1) is 17.1. The molecule has 0 aliphatic heterocycles. The molecule has 8 heteroatoms. The van der Waals surface area contributed by atoms with Crippen molar-refractivity contribution < 1.29 is 22.4 Å². The summed E-state index contributed by atoms with van der Waals surface area (Å²) >= 11 is 5.69. The van der Waals surface area contributed by atoms with Crippen molar-refractivity contribution in [2.45, 2.75) is 6.18 Å². The molecule has 0 spiro atoms. The number of nitrogens with one attached hydrogen (secondary N) is 2. The molecule has 2 rings (SSSR count). The fourth-order valence-corrected chi connectivity index (χ4v) is 1.95. The van der Waals surface area contributed by atoms with Crippen LogP contribution in [0.25, 0.3) is 0 Å². The summed E-state index contributed by atoms with van der Waals surface area (Å²) in [7, 11) is 0. The van der Waals surface area contributed by atoms with E-state index >= 15 is 0 Å². The molecule has 2 N–H and O–H groups in total. The molecule has 1 amide bonds. The number of hydrogen-bond donors (Lipinski definition) is 2. The number of hydrogen-bond acceptors (Lipinski definition) is 2. The van der Waals surface area contributed by atoms with E-state index in [-0.39, 0.29) is 22.9 Å². The highest BCUT2D eigenvalue weighted by molar-refractivity contribution is 6.30. The van der Waals surface area contributed by atoms with Gasteiger partial charge in [-0.2, -0.15) is 13.2 Å². The lowest BCUT2D eigenvalue weighted by Gasteiger charge is -2.11. The van der Waals surface area contributed by atoms with Crippen LogP contribution in [-0.2, 0) is 11.0 Å². The topological polar surface area (TPSA) is 41.1 Å². The molecule has 0 heterocycles. The number of anilines is 2. The van der Waals surface area contributed by atoms with E-state index in [9.17, 15) is 22.4 Å². The molecular formula is C15H11ClF4N2O. The van der Waals surface area contributed by atoms with Crippen molar-refractivity contribution in [2.75, 3.05) is 17.2 Å². The second-order valence-electron chi connectivity index (χ2n) is 4.60. The molecule has 0 saturated carbocycles. The average molecular weight is 347 g/mol. The molecule has 0 saturated heterocycles. The maximum Gasteiger partial charge on any atom is 0.416 e. The van der Waals surface area contributed by atoms with E-state index in [4.69, 9.17) is 11.6 Å². The second-order valence-corrected chi connectivity index (χ2v) is 5.04. The van der Waals surface area contributed by atoms with E-state index in [1.54, 1.807) is 0 Å². The maximum atomic E-state index is 13.5. The van der Waals surface area contributed by atoms with E-state index in [0.29, 0.717) is 0 Å². The standard InChI is InChI=1S/C15H11ClF4N2O/c16-10-4-5-12(17)13(7-10)22-14(23)8-21-11-3-1-2-9(6-11)15(18,19)20/h1-7,21H,8H2,(H,22,23). The Bertz CT molecular complexity index is 719. The average Bonchev–Trinajstić information content (AvgIpc) is 2.48. The number of rotatable bonds is 4. The summed E-state index contributed by atoms with van der Waals surface area (Å²) in [6, 6.07) is 8.08. The Morgan fingerprint density at radius 3 is 2.57 bits per heavy atom. The lowest BCUT2D eigenvalue weighted by atomic mass is 10.2. The fourth-order valence-electron chi connectivity index (χ4n) is 1.78. The lowest BCUT2D eigenvalue weighted by molar-refractivity contribution is -0.137. The highest BCUT2D eigenvalue weighted by Gasteiger charge is 2.30. The van der Waals surface area contributed by atoms with Gasteiger partial charge in [0.15, 0.2) is 0 Å². The summed E-state index contributed by atoms with van der Waals surface area (Å²) in [5, 5.41) is 5.07. The Kier molecular flexibility index (Phi) is 5.10. The van der Waals surface area contributed by atoms with Crippen LogP contribution in [0.5, 0.6) is 0 Å². The first-order chi connectivity index (χ1) is 10.8. The van der Waals surface area contributed by atoms with Crippen LogP contribution < -0.4 is 10.6 Å². The molecule has 0 radical (unpaired) electrons. The third kappa shape index (κ3) is 4.85. The molecule has 0 aliphatic carbocycles. The lowest BCUT2D eigenvalue weighted by Crippen LogP contribution is -2.22. The van der Waals surface area contributed by atoms with Gasteiger partial charge in [0.25, 0.3) is 0 Å². The Morgan fingerprint density at radius 1 is 1.13 bits per heavy atom. The first-order valence-electron chi connectivity index (χ1n) is 6.42. The third-order valence-corrected chi connectivity index (χ3v) is 3.08. The summed E-state index contributed by atoms with van der Waals surface area (Å²) in [5.41, 5.74) is -0.807. The largest absolute Gasteiger partial charge is 0.416 e. The van der Waals surface area contributed by atoms with Crippen molar-refractivity contribution in [3.8, 4) is 0 Å². The summed E-state index contributed by atoms with van der Waals surface area (Å²) in [6.07, 6.45) is -4.47. The van der Waals surface area contributed by atoms with Crippen LogP contribution in [-0.4, -0.2) is 12.5 Å². The number of amides is 1. The summed E-state index contributed by atoms with van der Waals surface area (Å²) in [5.74, 6) is -1.29. The van der Waals surface area contributed by atoms with Crippen LogP contribution in [0.1, 0.15) is 5.56 Å². The Morgan fingerprint density at radius 2 is 1.87 bits per heavy atom. The van der Waals surface area contributed by atoms with Gasteiger partial charge in [0, 0.05) is 10.7 Å². The zero-order valence-corrected chi connectivity index (χ0v) is 12.3. The first-order valence-corrected chi connectivity index (χ1v) is 6.79. The van der Waals surface area contributed by atoms with Crippen molar-refractivity contribution in [2.24, 2.45) is 0 Å². The second kappa shape index (κ2) is 6.87. The van der Waals surface area contributed by atoms with Crippen LogP contribution in [0.4, 0.5) is 28.9 Å². The highest BCUT2D eigenvalue weighted by atomic mass is 35.5. The van der Waals surface area contributed by atoms with Gasteiger partial charge < -0.3 is 10.6 Å². The van der Waals surface area contributed by atoms with E-state index in [2.05, 4.69) is 10.6 Å². The van der Waals surface area contributed by atoms with Gasteiger partial charge in [-0.3, -0.25) is 4.79 Å². The molecule has 122 valence electrons. The monoisotopic (exact) mass is 346 g/mol. The Hall–Kier alpha value is -2.28. The van der Waals surface area contributed by atoms with E-state index in [0.717, 1.165) is 18.2 Å². The molecule has 2 aromatic carbocycles. The van der Waals surface area contributed by atoms with Gasteiger partial charge in [-0.05, 0) is 36.4 Å². The third-order valence-electron chi connectivity index (χ3n) is 2.85. The van der Waals surface area contributed by atoms with Crippen molar-refractivity contribution in [3.05, 3.63) is 58.9 Å². The zero-order chi connectivity index (χ0) is 17.0. The van der Waals surface area contributed by atoms with Crippen LogP contribution in [0.3, 0.4) is 0 Å². The Balaban J connectivity index is 1.98. The van der Waals surface area contributed by atoms with Crippen molar-refractivity contribution >= 4 is 28.9 Å². The van der Waals surface area contributed by atoms with Crippen molar-refractivity contribution in [1.29, 1.82) is 0 Å². The minimum atomic E-state index is -4.47. The summed E-state index contributed by atoms with van der Waals surface area (Å²) < 4.78 is 51.2. The van der Waals surface area contributed by atoms with E-state index < -0.39 is 23.5 Å². The molecular weight excluding hydrogens is 336 g/mol. The minimum absolute atomic E-state index is 0.103. The molecule has 0 bridgehead atoms. The summed E-state index contributed by atoms with van der Waals surface area (Å²) in [6.45, 7) is -0.326. The van der Waals surface area contributed by atoms with Crippen molar-refractivity contribution in [3.63, 3.8) is 0 Å². The van der Waals surface area contributed by atoms with E-state index in [1.807, 2.05) is 0 Å². The number of alkyl halides is 3. The van der Waals surface area contributed by atoms with Crippen LogP contribution in [0.2, 0.25) is 5.02 Å². The van der Waals surface area contributed by atoms with Gasteiger partial charge >= 0.3 is 6.18 Å². The molecule has 0 aromatic heterocycles. The van der Waals surface area contributed by atoms with Crippen molar-refractivity contribution in [1.82, 2.24) is 0 Å². The van der Waals surface area contributed by atoms with Gasteiger partial charge in [0.2, 0.25) is 5.91 Å². The molecule has 23 heavy (non-hydrogen) atoms. The van der Waals surface area contributed by atoms with Gasteiger partial charge in [-0.1, -0.05) is 17.7 Å². The highest BCUT2D eigenvalue weighted by Crippen LogP contribution is 2.30. The number of carbonyl (C=O) groups excluding carboxylic acids is 1. The van der Waals surface area contributed by atoms with Crippen LogP contribution >= 0.6 is 11.6 Å². The number of halogens is 5. The molecule has 0 aliphatic rings. The Labute approximate surface area is 134 Å². The smallest absolute Gasteiger partial charge is 0.376 e. The molecule has 0 unspecified atom stereocenters. The van der Waals surface area contributed by atoms with Crippen LogP contribution in [0.15, 0.2) is 42.5 Å². The SMILES string of the molecule is O=C(CNc1cccc(C(F)(F)F)c1)Nc1cc(Cl)ccc1F. The normalized spacial score (nSPS) is 11.2. The predicted molar refractivity (Wildman–Crippen MR) is 80.0 cm³/mol. The molecule has 0 fully saturated rings. The van der Waals surface area contributed by atoms with Gasteiger partial charge in [-0.15, -0.1) is 0 Å². The van der Waals surface area contributed by atoms with Crippen LogP contribution in [0, 0.1) is 5.82 Å². The summed E-state index contributed by atoms with van der Waals surface area (Å²) in [4.78, 5) is 11.7. The zero-order valence-electron chi connectivity index (χ0n) is 11.5.